The number of pyridine rings is 1. The highest BCUT2D eigenvalue weighted by Crippen LogP contribution is 2.54. The highest BCUT2D eigenvalue weighted by atomic mass is 16.1. The van der Waals surface area contributed by atoms with Crippen molar-refractivity contribution in [3.8, 4) is 22.3 Å². The Kier molecular flexibility index (Phi) is 4.47. The smallest absolute Gasteiger partial charge is 0.265 e. The number of nitrogens with zero attached hydrogens (tertiary/aromatic N) is 3. The lowest BCUT2D eigenvalue weighted by Crippen LogP contribution is -2.14. The van der Waals surface area contributed by atoms with E-state index in [0.717, 1.165) is 55.0 Å². The van der Waals surface area contributed by atoms with E-state index in [-0.39, 0.29) is 11.0 Å². The number of fused-ring (bicyclic) bond motifs is 7. The average molecular weight is 602 g/mol. The highest BCUT2D eigenvalue weighted by Gasteiger charge is 2.30. The predicted molar refractivity (Wildman–Crippen MR) is 196 cm³/mol. The molecule has 0 bridgehead atoms. The zero-order valence-corrected chi connectivity index (χ0v) is 26.1. The molecule has 8 aromatic carbocycles. The van der Waals surface area contributed by atoms with E-state index in [9.17, 15) is 4.79 Å². The monoisotopic (exact) mass is 601 g/mol. The summed E-state index contributed by atoms with van der Waals surface area (Å²) in [7, 11) is 0. The van der Waals surface area contributed by atoms with Crippen molar-refractivity contribution in [3.63, 3.8) is 0 Å². The molecule has 0 saturated heterocycles. The van der Waals surface area contributed by atoms with Crippen LogP contribution in [0.25, 0.3) is 104 Å². The minimum absolute atomic E-state index is 0.0201. The number of aromatic nitrogens is 3. The Morgan fingerprint density at radius 3 is 1.70 bits per heavy atom. The van der Waals surface area contributed by atoms with Gasteiger partial charge in [-0.2, -0.15) is 0 Å². The Hall–Kier alpha value is -5.87. The fourth-order valence-corrected chi connectivity index (χ4v) is 8.47. The van der Waals surface area contributed by atoms with Crippen molar-refractivity contribution in [1.29, 1.82) is 0 Å². The van der Waals surface area contributed by atoms with Crippen LogP contribution < -0.4 is 5.56 Å². The summed E-state index contributed by atoms with van der Waals surface area (Å²) in [5.74, 6) is 0. The molecular formula is C43H27N3O. The Morgan fingerprint density at radius 1 is 0.574 bits per heavy atom. The normalized spacial score (nSPS) is 13.1. The molecule has 0 N–H and O–H groups in total. The first-order chi connectivity index (χ1) is 22.9. The zero-order valence-electron chi connectivity index (χ0n) is 26.1. The van der Waals surface area contributed by atoms with E-state index >= 15 is 0 Å². The second kappa shape index (κ2) is 8.28. The van der Waals surface area contributed by atoms with Gasteiger partial charge < -0.3 is 0 Å². The van der Waals surface area contributed by atoms with Gasteiger partial charge >= 0.3 is 0 Å². The SMILES string of the molecule is CC(C)(C)c1cc2c(cn1)nc1c3c4cc(-c5ccccc5)c5ccc6ccc7c(-c8ccccc8)cc(c3c(=O)n21)c1c7c6c5c41. The molecule has 0 spiro atoms. The maximum atomic E-state index is 15.0. The predicted octanol–water partition coefficient (Wildman–Crippen LogP) is 10.5. The summed E-state index contributed by atoms with van der Waals surface area (Å²) in [5, 5.41) is 13.7. The van der Waals surface area contributed by atoms with Crippen molar-refractivity contribution < 1.29 is 0 Å². The van der Waals surface area contributed by atoms with E-state index in [0.29, 0.717) is 5.65 Å². The van der Waals surface area contributed by atoms with E-state index in [2.05, 4.69) is 124 Å². The van der Waals surface area contributed by atoms with Gasteiger partial charge in [-0.15, -0.1) is 0 Å². The molecule has 0 aliphatic heterocycles. The quantitative estimate of drug-likeness (QED) is 0.185. The van der Waals surface area contributed by atoms with Gasteiger partial charge in [-0.25, -0.2) is 4.98 Å². The average Bonchev–Trinajstić information content (AvgIpc) is 3.74. The summed E-state index contributed by atoms with van der Waals surface area (Å²) in [6.45, 7) is 6.45. The van der Waals surface area contributed by atoms with E-state index in [1.54, 1.807) is 0 Å². The van der Waals surface area contributed by atoms with Crippen molar-refractivity contribution in [2.45, 2.75) is 26.2 Å². The number of hydrogen-bond donors (Lipinski definition) is 0. The van der Waals surface area contributed by atoms with Gasteiger partial charge in [0, 0.05) is 16.5 Å². The molecule has 11 aromatic rings. The largest absolute Gasteiger partial charge is 0.268 e. The van der Waals surface area contributed by atoms with Crippen LogP contribution in [0.1, 0.15) is 26.5 Å². The van der Waals surface area contributed by atoms with Crippen molar-refractivity contribution >= 4 is 81.3 Å². The van der Waals surface area contributed by atoms with Gasteiger partial charge in [0.15, 0.2) is 0 Å². The molecule has 0 saturated carbocycles. The third-order valence-electron chi connectivity index (χ3n) is 10.5. The minimum atomic E-state index is -0.164. The Bertz CT molecular complexity index is 3090. The molecule has 0 amide bonds. The van der Waals surface area contributed by atoms with Crippen molar-refractivity contribution in [1.82, 2.24) is 14.4 Å². The van der Waals surface area contributed by atoms with Crippen molar-refractivity contribution in [2.24, 2.45) is 0 Å². The van der Waals surface area contributed by atoms with Gasteiger partial charge in [0.2, 0.25) is 0 Å². The van der Waals surface area contributed by atoms with Crippen LogP contribution in [-0.2, 0) is 5.41 Å². The molecule has 3 aromatic heterocycles. The molecule has 4 nitrogen and oxygen atoms in total. The molecule has 4 heteroatoms. The standard InChI is InChI=1S/C43H27N3O/c1-43(2,3)33-20-32-31(21-44-33)45-41-39-29-18-27(22-10-6-4-7-11-22)25-16-14-24-15-17-26-28(23-12-8-5-9-13-23)19-30(40(39)42(47)46(32)41)38-36(26)34(24)35(25)37(29)38/h4-21H,1-3H3. The van der Waals surface area contributed by atoms with Crippen molar-refractivity contribution in [2.75, 3.05) is 0 Å². The van der Waals surface area contributed by atoms with Crippen LogP contribution in [0.15, 0.2) is 114 Å². The van der Waals surface area contributed by atoms with Crippen LogP contribution >= 0.6 is 0 Å². The van der Waals surface area contributed by atoms with Crippen LogP contribution in [0.4, 0.5) is 0 Å². The van der Waals surface area contributed by atoms with E-state index in [1.807, 2.05) is 10.6 Å². The first kappa shape index (κ1) is 25.3. The fraction of sp³-hybridized carbons (Fsp3) is 0.0930. The van der Waals surface area contributed by atoms with Crippen LogP contribution in [0.3, 0.4) is 0 Å². The lowest BCUT2D eigenvalue weighted by molar-refractivity contribution is 0.570. The van der Waals surface area contributed by atoms with E-state index in [4.69, 9.17) is 9.97 Å². The lowest BCUT2D eigenvalue weighted by Gasteiger charge is -2.17. The van der Waals surface area contributed by atoms with Crippen LogP contribution in [0, 0.1) is 0 Å². The lowest BCUT2D eigenvalue weighted by atomic mass is 9.89. The fourth-order valence-electron chi connectivity index (χ4n) is 8.47. The van der Waals surface area contributed by atoms with Gasteiger partial charge in [-0.05, 0) is 94.3 Å². The molecule has 0 unspecified atom stereocenters. The molecule has 0 fully saturated rings. The Morgan fingerprint density at radius 2 is 1.13 bits per heavy atom. The number of hydrogen-bond acceptors (Lipinski definition) is 3. The molecule has 0 atom stereocenters. The second-order valence-electron chi connectivity index (χ2n) is 14.1. The molecule has 3 heterocycles. The summed E-state index contributed by atoms with van der Waals surface area (Å²) in [6.07, 6.45) is 1.83. The number of rotatable bonds is 2. The Labute approximate surface area is 268 Å². The first-order valence-corrected chi connectivity index (χ1v) is 16.2. The van der Waals surface area contributed by atoms with Gasteiger partial charge in [0.1, 0.15) is 11.2 Å². The van der Waals surface area contributed by atoms with Crippen molar-refractivity contribution in [3.05, 3.63) is 125 Å². The van der Waals surface area contributed by atoms with Gasteiger partial charge in [-0.1, -0.05) is 106 Å². The molecule has 0 radical (unpaired) electrons. The summed E-state index contributed by atoms with van der Waals surface area (Å²) in [6, 6.07) is 36.9. The topological polar surface area (TPSA) is 47.3 Å². The summed E-state index contributed by atoms with van der Waals surface area (Å²) in [5.41, 5.74) is 7.63. The maximum Gasteiger partial charge on any atom is 0.265 e. The highest BCUT2D eigenvalue weighted by molar-refractivity contribution is 6.50. The third-order valence-corrected chi connectivity index (χ3v) is 10.5. The molecular weight excluding hydrogens is 574 g/mol. The number of benzene rings is 7. The van der Waals surface area contributed by atoms with Crippen LogP contribution in [0.5, 0.6) is 0 Å². The maximum absolute atomic E-state index is 15.0. The van der Waals surface area contributed by atoms with E-state index in [1.165, 1.54) is 48.7 Å². The summed E-state index contributed by atoms with van der Waals surface area (Å²) < 4.78 is 1.85. The van der Waals surface area contributed by atoms with Crippen LogP contribution in [-0.4, -0.2) is 14.4 Å². The van der Waals surface area contributed by atoms with Gasteiger partial charge in [-0.3, -0.25) is 14.2 Å². The minimum Gasteiger partial charge on any atom is -0.268 e. The Balaban J connectivity index is 1.46. The second-order valence-corrected chi connectivity index (χ2v) is 14.1. The summed E-state index contributed by atoms with van der Waals surface area (Å²) >= 11 is 0. The zero-order chi connectivity index (χ0) is 31.3. The molecule has 47 heavy (non-hydrogen) atoms. The van der Waals surface area contributed by atoms with Gasteiger partial charge in [0.25, 0.3) is 5.56 Å². The van der Waals surface area contributed by atoms with Gasteiger partial charge in [0.05, 0.1) is 17.1 Å². The molecule has 0 aliphatic rings. The first-order valence-electron chi connectivity index (χ1n) is 16.2. The van der Waals surface area contributed by atoms with Crippen LogP contribution in [0.2, 0.25) is 0 Å². The summed E-state index contributed by atoms with van der Waals surface area (Å²) in [4.78, 5) is 24.9. The molecule has 0 aliphatic carbocycles. The molecule has 11 rings (SSSR count). The van der Waals surface area contributed by atoms with E-state index < -0.39 is 0 Å². The number of imidazole rings is 1. The third kappa shape index (κ3) is 3.01. The molecule has 220 valence electrons.